The molecule has 27 heavy (non-hydrogen) atoms. The number of nitro benzene ring substituents is 1. The molecule has 2 rings (SSSR count). The highest BCUT2D eigenvalue weighted by Gasteiger charge is 2.26. The van der Waals surface area contributed by atoms with Crippen LogP contribution < -0.4 is 0 Å². The summed E-state index contributed by atoms with van der Waals surface area (Å²) in [6, 6.07) is 12.2. The predicted molar refractivity (Wildman–Crippen MR) is 103 cm³/mol. The second kappa shape index (κ2) is 9.25. The van der Waals surface area contributed by atoms with Crippen molar-refractivity contribution in [3.05, 3.63) is 74.8 Å². The highest BCUT2D eigenvalue weighted by atomic mass is 35.5. The van der Waals surface area contributed by atoms with Gasteiger partial charge in [0.25, 0.3) is 17.5 Å². The van der Waals surface area contributed by atoms with Crippen LogP contribution in [0.25, 0.3) is 0 Å². The number of rotatable bonds is 7. The Labute approximate surface area is 162 Å². The van der Waals surface area contributed by atoms with E-state index in [1.54, 1.807) is 30.3 Å². The molecule has 0 aliphatic rings. The lowest BCUT2D eigenvalue weighted by atomic mass is 10.1. The Morgan fingerprint density at radius 3 is 2.22 bits per heavy atom. The zero-order valence-corrected chi connectivity index (χ0v) is 15.8. The number of carbonyl (C=O) groups is 2. The summed E-state index contributed by atoms with van der Waals surface area (Å²) in [6.07, 6.45) is 0.576. The minimum atomic E-state index is -0.658. The van der Waals surface area contributed by atoms with Crippen LogP contribution in [0, 0.1) is 10.1 Å². The molecule has 0 aliphatic carbocycles. The number of amides is 2. The van der Waals surface area contributed by atoms with E-state index in [2.05, 4.69) is 0 Å². The molecule has 0 saturated carbocycles. The van der Waals surface area contributed by atoms with Gasteiger partial charge in [-0.3, -0.25) is 24.6 Å². The molecule has 8 heteroatoms. The maximum absolute atomic E-state index is 12.9. The molecule has 2 aromatic rings. The fraction of sp³-hybridized carbons (Fsp3) is 0.263. The molecule has 0 bridgehead atoms. The molecule has 0 aliphatic heterocycles. The lowest BCUT2D eigenvalue weighted by Gasteiger charge is -2.22. The smallest absolute Gasteiger partial charge is 0.288 e. The third-order valence-electron chi connectivity index (χ3n) is 3.89. The van der Waals surface area contributed by atoms with Gasteiger partial charge in [-0.15, -0.1) is 0 Å². The average molecular weight is 390 g/mol. The van der Waals surface area contributed by atoms with Gasteiger partial charge >= 0.3 is 0 Å². The first-order valence-electron chi connectivity index (χ1n) is 8.31. The third-order valence-corrected chi connectivity index (χ3v) is 4.21. The minimum Gasteiger partial charge on any atom is -0.309 e. The predicted octanol–water partition coefficient (Wildman–Crippen LogP) is 3.48. The first kappa shape index (κ1) is 20.5. The number of carbonyl (C=O) groups excluding carboxylic acids is 2. The molecule has 2 aromatic carbocycles. The van der Waals surface area contributed by atoms with Crippen LogP contribution in [-0.4, -0.2) is 53.7 Å². The quantitative estimate of drug-likeness (QED) is 0.411. The SMILES string of the molecule is CN(C)CCCN(C(=O)c1ccccc1)C(=O)c1ccc(Cl)c([N+](=O)[O-])c1. The Balaban J connectivity index is 2.34. The van der Waals surface area contributed by atoms with Crippen molar-refractivity contribution in [2.75, 3.05) is 27.2 Å². The van der Waals surface area contributed by atoms with Crippen molar-refractivity contribution in [2.45, 2.75) is 6.42 Å². The number of hydrogen-bond acceptors (Lipinski definition) is 5. The molecule has 0 atom stereocenters. The number of imide groups is 1. The Morgan fingerprint density at radius 2 is 1.63 bits per heavy atom. The van der Waals surface area contributed by atoms with Gasteiger partial charge in [-0.2, -0.15) is 0 Å². The molecule has 0 unspecified atom stereocenters. The lowest BCUT2D eigenvalue weighted by Crippen LogP contribution is -2.38. The van der Waals surface area contributed by atoms with Crippen molar-refractivity contribution >= 4 is 29.1 Å². The Hall–Kier alpha value is -2.77. The van der Waals surface area contributed by atoms with Crippen molar-refractivity contribution in [1.29, 1.82) is 0 Å². The minimum absolute atomic E-state index is 0.0419. The average Bonchev–Trinajstić information content (AvgIpc) is 2.65. The van der Waals surface area contributed by atoms with Crippen molar-refractivity contribution in [3.63, 3.8) is 0 Å². The van der Waals surface area contributed by atoms with Crippen molar-refractivity contribution in [2.24, 2.45) is 0 Å². The van der Waals surface area contributed by atoms with Crippen molar-refractivity contribution in [3.8, 4) is 0 Å². The van der Waals surface area contributed by atoms with Crippen LogP contribution in [0.5, 0.6) is 0 Å². The molecule has 0 fully saturated rings. The molecule has 0 aromatic heterocycles. The van der Waals surface area contributed by atoms with Gasteiger partial charge in [-0.05, 0) is 51.3 Å². The Bertz CT molecular complexity index is 840. The molecule has 2 amide bonds. The highest BCUT2D eigenvalue weighted by molar-refractivity contribution is 6.32. The van der Waals surface area contributed by atoms with Crippen LogP contribution in [0.15, 0.2) is 48.5 Å². The molecule has 0 radical (unpaired) electrons. The summed E-state index contributed by atoms with van der Waals surface area (Å²) in [4.78, 5) is 39.3. The largest absolute Gasteiger partial charge is 0.309 e. The second-order valence-corrected chi connectivity index (χ2v) is 6.62. The first-order valence-corrected chi connectivity index (χ1v) is 8.69. The van der Waals surface area contributed by atoms with Crippen LogP contribution in [0.1, 0.15) is 27.1 Å². The van der Waals surface area contributed by atoms with E-state index in [1.165, 1.54) is 12.1 Å². The van der Waals surface area contributed by atoms with E-state index in [4.69, 9.17) is 11.6 Å². The van der Waals surface area contributed by atoms with E-state index < -0.39 is 16.7 Å². The van der Waals surface area contributed by atoms with Crippen LogP contribution >= 0.6 is 11.6 Å². The summed E-state index contributed by atoms with van der Waals surface area (Å²) in [5, 5.41) is 11.0. The van der Waals surface area contributed by atoms with Gasteiger partial charge in [-0.1, -0.05) is 29.8 Å². The fourth-order valence-corrected chi connectivity index (χ4v) is 2.70. The highest BCUT2D eigenvalue weighted by Crippen LogP contribution is 2.26. The van der Waals surface area contributed by atoms with Crippen molar-refractivity contribution < 1.29 is 14.5 Å². The van der Waals surface area contributed by atoms with Gasteiger partial charge in [-0.25, -0.2) is 0 Å². The molecule has 7 nitrogen and oxygen atoms in total. The summed E-state index contributed by atoms with van der Waals surface area (Å²) in [7, 11) is 3.79. The molecular formula is C19H20ClN3O4. The van der Waals surface area contributed by atoms with Gasteiger partial charge in [0.2, 0.25) is 0 Å². The van der Waals surface area contributed by atoms with E-state index in [1.807, 2.05) is 19.0 Å². The number of nitro groups is 1. The van der Waals surface area contributed by atoms with Crippen molar-refractivity contribution in [1.82, 2.24) is 9.80 Å². The Morgan fingerprint density at radius 1 is 1.00 bits per heavy atom. The number of hydrogen-bond donors (Lipinski definition) is 0. The van der Waals surface area contributed by atoms with Crippen LogP contribution in [0.4, 0.5) is 5.69 Å². The zero-order chi connectivity index (χ0) is 20.0. The molecule has 142 valence electrons. The van der Waals surface area contributed by atoms with Crippen LogP contribution in [0.3, 0.4) is 0 Å². The van der Waals surface area contributed by atoms with Crippen LogP contribution in [-0.2, 0) is 0 Å². The van der Waals surface area contributed by atoms with E-state index in [-0.39, 0.29) is 22.8 Å². The second-order valence-electron chi connectivity index (χ2n) is 6.21. The summed E-state index contributed by atoms with van der Waals surface area (Å²) >= 11 is 5.81. The van der Waals surface area contributed by atoms with Gasteiger partial charge in [0.05, 0.1) is 4.92 Å². The van der Waals surface area contributed by atoms with Gasteiger partial charge in [0.15, 0.2) is 0 Å². The first-order chi connectivity index (χ1) is 12.8. The Kier molecular flexibility index (Phi) is 7.04. The summed E-state index contributed by atoms with van der Waals surface area (Å²) < 4.78 is 0. The zero-order valence-electron chi connectivity index (χ0n) is 15.1. The molecule has 0 spiro atoms. The normalized spacial score (nSPS) is 10.7. The monoisotopic (exact) mass is 389 g/mol. The summed E-state index contributed by atoms with van der Waals surface area (Å²) in [5.41, 5.74) is 0.0438. The van der Waals surface area contributed by atoms with E-state index >= 15 is 0 Å². The molecular weight excluding hydrogens is 370 g/mol. The van der Waals surface area contributed by atoms with E-state index in [0.717, 1.165) is 11.0 Å². The summed E-state index contributed by atoms with van der Waals surface area (Å²) in [5.74, 6) is -1.04. The van der Waals surface area contributed by atoms with Gasteiger partial charge in [0.1, 0.15) is 5.02 Å². The van der Waals surface area contributed by atoms with E-state index in [0.29, 0.717) is 18.5 Å². The maximum atomic E-state index is 12.9. The van der Waals surface area contributed by atoms with Gasteiger partial charge < -0.3 is 4.90 Å². The standard InChI is InChI=1S/C19H20ClN3O4/c1-21(2)11-6-12-22(18(24)14-7-4-3-5-8-14)19(25)15-9-10-16(20)17(13-15)23(26)27/h3-5,7-10,13H,6,11-12H2,1-2H3. The molecule has 0 N–H and O–H groups in total. The third kappa shape index (κ3) is 5.35. The van der Waals surface area contributed by atoms with E-state index in [9.17, 15) is 19.7 Å². The number of benzene rings is 2. The topological polar surface area (TPSA) is 83.8 Å². The summed E-state index contributed by atoms with van der Waals surface area (Å²) in [6.45, 7) is 0.883. The fourth-order valence-electron chi connectivity index (χ4n) is 2.52. The number of nitrogens with zero attached hydrogens (tertiary/aromatic N) is 3. The molecule has 0 heterocycles. The number of halogens is 1. The van der Waals surface area contributed by atoms with Crippen LogP contribution in [0.2, 0.25) is 5.02 Å². The van der Waals surface area contributed by atoms with Gasteiger partial charge in [0, 0.05) is 23.7 Å². The molecule has 0 saturated heterocycles. The maximum Gasteiger partial charge on any atom is 0.288 e. The lowest BCUT2D eigenvalue weighted by molar-refractivity contribution is -0.384.